The Morgan fingerprint density at radius 1 is 1.33 bits per heavy atom. The molecule has 0 saturated carbocycles. The second-order valence-corrected chi connectivity index (χ2v) is 5.43. The third-order valence-corrected chi connectivity index (χ3v) is 3.65. The van der Waals surface area contributed by atoms with Gasteiger partial charge in [-0.3, -0.25) is 9.59 Å². The molecule has 1 saturated heterocycles. The first-order valence-corrected chi connectivity index (χ1v) is 7.65. The first-order chi connectivity index (χ1) is 11.3. The lowest BCUT2D eigenvalue weighted by atomic mass is 9.97. The summed E-state index contributed by atoms with van der Waals surface area (Å²) in [6.45, 7) is 2.60. The predicted molar refractivity (Wildman–Crippen MR) is 73.7 cm³/mol. The maximum Gasteiger partial charge on any atom is 0.470 e. The number of ether oxygens (including phenoxy) is 1. The van der Waals surface area contributed by atoms with Crippen molar-refractivity contribution in [2.45, 2.75) is 44.7 Å². The molecule has 7 nitrogen and oxygen atoms in total. The lowest BCUT2D eigenvalue weighted by Crippen LogP contribution is -2.39. The van der Waals surface area contributed by atoms with Crippen LogP contribution >= 0.6 is 0 Å². The topological polar surface area (TPSA) is 85.5 Å². The summed E-state index contributed by atoms with van der Waals surface area (Å²) in [5.41, 5.74) is 0. The van der Waals surface area contributed by atoms with Gasteiger partial charge in [-0.1, -0.05) is 0 Å². The lowest BCUT2D eigenvalue weighted by Gasteiger charge is -2.31. The van der Waals surface area contributed by atoms with E-state index in [1.807, 2.05) is 0 Å². The molecule has 1 aromatic rings. The van der Waals surface area contributed by atoms with Crippen molar-refractivity contribution < 1.29 is 31.9 Å². The maximum absolute atomic E-state index is 12.5. The fourth-order valence-corrected chi connectivity index (χ4v) is 2.52. The summed E-state index contributed by atoms with van der Waals surface area (Å²) in [6.07, 6.45) is -3.54. The van der Waals surface area contributed by atoms with Crippen LogP contribution in [-0.4, -0.2) is 46.7 Å². The number of hydrogen-bond acceptors (Lipinski definition) is 6. The van der Waals surface area contributed by atoms with Gasteiger partial charge >= 0.3 is 18.0 Å². The monoisotopic (exact) mass is 349 g/mol. The second-order valence-electron chi connectivity index (χ2n) is 5.43. The molecular weight excluding hydrogens is 331 g/mol. The Morgan fingerprint density at radius 2 is 2.08 bits per heavy atom. The number of alkyl halides is 3. The highest BCUT2D eigenvalue weighted by Crippen LogP contribution is 2.32. The molecule has 10 heteroatoms. The van der Waals surface area contributed by atoms with Crippen LogP contribution in [0, 0.1) is 0 Å². The van der Waals surface area contributed by atoms with Gasteiger partial charge in [0.05, 0.1) is 18.9 Å². The number of hydrogen-bond donors (Lipinski definition) is 0. The number of aromatic nitrogens is 2. The molecule has 1 aliphatic heterocycles. The van der Waals surface area contributed by atoms with Crippen LogP contribution in [0.15, 0.2) is 4.42 Å². The SMILES string of the molecule is CCOC(=O)CCC(=O)N1CCCC(c2nnc(C(F)(F)F)o2)C1. The van der Waals surface area contributed by atoms with Crippen molar-refractivity contribution in [2.24, 2.45) is 0 Å². The van der Waals surface area contributed by atoms with Crippen LogP contribution in [0.5, 0.6) is 0 Å². The summed E-state index contributed by atoms with van der Waals surface area (Å²) < 4.78 is 47.0. The minimum atomic E-state index is -4.69. The highest BCUT2D eigenvalue weighted by atomic mass is 19.4. The van der Waals surface area contributed by atoms with E-state index in [-0.39, 0.29) is 37.8 Å². The molecule has 1 aliphatic rings. The van der Waals surface area contributed by atoms with Crippen LogP contribution in [-0.2, 0) is 20.5 Å². The third kappa shape index (κ3) is 4.68. The number of amides is 1. The Kier molecular flexibility index (Phi) is 5.79. The second kappa shape index (κ2) is 7.63. The smallest absolute Gasteiger partial charge is 0.466 e. The summed E-state index contributed by atoms with van der Waals surface area (Å²) >= 11 is 0. The van der Waals surface area contributed by atoms with Gasteiger partial charge in [0.15, 0.2) is 0 Å². The Hall–Kier alpha value is -2.13. The molecule has 0 N–H and O–H groups in total. The minimum absolute atomic E-state index is 0.00316. The van der Waals surface area contributed by atoms with Gasteiger partial charge < -0.3 is 14.1 Å². The van der Waals surface area contributed by atoms with Crippen LogP contribution in [0.2, 0.25) is 0 Å². The van der Waals surface area contributed by atoms with Crippen molar-refractivity contribution in [2.75, 3.05) is 19.7 Å². The molecule has 2 rings (SSSR count). The van der Waals surface area contributed by atoms with Gasteiger partial charge in [0.1, 0.15) is 0 Å². The van der Waals surface area contributed by atoms with Gasteiger partial charge in [0.25, 0.3) is 0 Å². The van der Waals surface area contributed by atoms with Crippen molar-refractivity contribution in [3.63, 3.8) is 0 Å². The number of nitrogens with zero attached hydrogens (tertiary/aromatic N) is 3. The zero-order chi connectivity index (χ0) is 17.7. The average molecular weight is 349 g/mol. The number of carbonyl (C=O) groups is 2. The standard InChI is InChI=1S/C14H18F3N3O4/c1-2-23-11(22)6-5-10(21)20-7-3-4-9(8-20)12-18-19-13(24-12)14(15,16)17/h9H,2-8H2,1H3. The van der Waals surface area contributed by atoms with E-state index in [4.69, 9.17) is 4.74 Å². The van der Waals surface area contributed by atoms with Crippen LogP contribution in [0.25, 0.3) is 0 Å². The van der Waals surface area contributed by atoms with E-state index in [1.54, 1.807) is 6.92 Å². The molecule has 1 aromatic heterocycles. The molecule has 0 spiro atoms. The number of halogens is 3. The molecule has 24 heavy (non-hydrogen) atoms. The zero-order valence-electron chi connectivity index (χ0n) is 13.1. The molecule has 1 unspecified atom stereocenters. The highest BCUT2D eigenvalue weighted by molar-refractivity contribution is 5.81. The quantitative estimate of drug-likeness (QED) is 0.757. The predicted octanol–water partition coefficient (Wildman–Crippen LogP) is 2.14. The number of likely N-dealkylation sites (tertiary alicyclic amines) is 1. The van der Waals surface area contributed by atoms with E-state index in [0.29, 0.717) is 19.4 Å². The van der Waals surface area contributed by atoms with Gasteiger partial charge in [0, 0.05) is 19.5 Å². The normalized spacial score (nSPS) is 18.5. The summed E-state index contributed by atoms with van der Waals surface area (Å²) in [5, 5.41) is 6.46. The highest BCUT2D eigenvalue weighted by Gasteiger charge is 2.39. The molecule has 0 aliphatic carbocycles. The van der Waals surface area contributed by atoms with E-state index in [1.165, 1.54) is 4.90 Å². The van der Waals surface area contributed by atoms with Crippen LogP contribution in [0.3, 0.4) is 0 Å². The molecule has 2 heterocycles. The number of carbonyl (C=O) groups excluding carboxylic acids is 2. The van der Waals surface area contributed by atoms with Crippen molar-refractivity contribution in [1.82, 2.24) is 15.1 Å². The van der Waals surface area contributed by atoms with Gasteiger partial charge in [-0.2, -0.15) is 13.2 Å². The Morgan fingerprint density at radius 3 is 2.71 bits per heavy atom. The average Bonchev–Trinajstić information content (AvgIpc) is 3.03. The van der Waals surface area contributed by atoms with E-state index in [9.17, 15) is 22.8 Å². The summed E-state index contributed by atoms with van der Waals surface area (Å²) in [7, 11) is 0. The molecule has 1 amide bonds. The van der Waals surface area contributed by atoms with E-state index in [2.05, 4.69) is 14.6 Å². The molecule has 1 fully saturated rings. The lowest BCUT2D eigenvalue weighted by molar-refractivity contribution is -0.157. The largest absolute Gasteiger partial charge is 0.470 e. The van der Waals surface area contributed by atoms with Gasteiger partial charge in [-0.25, -0.2) is 0 Å². The van der Waals surface area contributed by atoms with Gasteiger partial charge in [-0.15, -0.1) is 10.2 Å². The minimum Gasteiger partial charge on any atom is -0.466 e. The number of piperidine rings is 1. The van der Waals surface area contributed by atoms with Crippen molar-refractivity contribution >= 4 is 11.9 Å². The Labute approximate surface area is 136 Å². The summed E-state index contributed by atoms with van der Waals surface area (Å²) in [4.78, 5) is 24.9. The molecule has 0 radical (unpaired) electrons. The first-order valence-electron chi connectivity index (χ1n) is 7.65. The number of esters is 1. The van der Waals surface area contributed by atoms with Gasteiger partial charge in [0.2, 0.25) is 11.8 Å². The maximum atomic E-state index is 12.5. The number of rotatable bonds is 5. The molecule has 1 atom stereocenters. The summed E-state index contributed by atoms with van der Waals surface area (Å²) in [5.74, 6) is -2.64. The first kappa shape index (κ1) is 18.2. The van der Waals surface area contributed by atoms with Gasteiger partial charge in [-0.05, 0) is 19.8 Å². The van der Waals surface area contributed by atoms with Crippen molar-refractivity contribution in [3.05, 3.63) is 11.8 Å². The molecular formula is C14H18F3N3O4. The summed E-state index contributed by atoms with van der Waals surface area (Å²) in [6, 6.07) is 0. The van der Waals surface area contributed by atoms with Crippen LogP contribution in [0.1, 0.15) is 50.3 Å². The molecule has 0 bridgehead atoms. The zero-order valence-corrected chi connectivity index (χ0v) is 13.1. The fraction of sp³-hybridized carbons (Fsp3) is 0.714. The van der Waals surface area contributed by atoms with Crippen LogP contribution < -0.4 is 0 Å². The van der Waals surface area contributed by atoms with E-state index in [0.717, 1.165) is 0 Å². The van der Waals surface area contributed by atoms with E-state index < -0.39 is 24.0 Å². The van der Waals surface area contributed by atoms with Crippen molar-refractivity contribution in [3.8, 4) is 0 Å². The Balaban J connectivity index is 1.92. The Bertz CT molecular complexity index is 588. The van der Waals surface area contributed by atoms with Crippen LogP contribution in [0.4, 0.5) is 13.2 Å². The fourth-order valence-electron chi connectivity index (χ4n) is 2.52. The molecule has 134 valence electrons. The van der Waals surface area contributed by atoms with E-state index >= 15 is 0 Å². The van der Waals surface area contributed by atoms with Crippen molar-refractivity contribution in [1.29, 1.82) is 0 Å². The third-order valence-electron chi connectivity index (χ3n) is 3.65. The molecule has 0 aromatic carbocycles.